The maximum atomic E-state index is 5.91. The fraction of sp³-hybridized carbons (Fsp3) is 0.333. The van der Waals surface area contributed by atoms with Crippen LogP contribution in [0.2, 0.25) is 0 Å². The van der Waals surface area contributed by atoms with Gasteiger partial charge in [-0.25, -0.2) is 0 Å². The molecule has 0 aliphatic carbocycles. The molecule has 5 heteroatoms. The lowest BCUT2D eigenvalue weighted by molar-refractivity contribution is 0.323. The third kappa shape index (κ3) is 3.42. The lowest BCUT2D eigenvalue weighted by atomic mass is 9.90. The Labute approximate surface area is 149 Å². The van der Waals surface area contributed by atoms with Gasteiger partial charge in [-0.05, 0) is 48.7 Å². The van der Waals surface area contributed by atoms with E-state index in [2.05, 4.69) is 47.0 Å². The Hall–Kier alpha value is -1.42. The molecule has 2 heterocycles. The minimum absolute atomic E-state index is 0. The maximum Gasteiger partial charge on any atom is 0.143 e. The summed E-state index contributed by atoms with van der Waals surface area (Å²) in [5, 5.41) is 7.06. The molecule has 0 fully saturated rings. The Kier molecular flexibility index (Phi) is 6.17. The van der Waals surface area contributed by atoms with Crippen LogP contribution in [0.5, 0.6) is 5.75 Å². The molecule has 3 nitrogen and oxygen atoms in total. The van der Waals surface area contributed by atoms with E-state index in [-0.39, 0.29) is 24.8 Å². The minimum Gasteiger partial charge on any atom is -0.490 e. The smallest absolute Gasteiger partial charge is 0.143 e. The van der Waals surface area contributed by atoms with Gasteiger partial charge in [0.15, 0.2) is 0 Å². The third-order valence-corrected chi connectivity index (χ3v) is 4.34. The van der Waals surface area contributed by atoms with Crippen molar-refractivity contribution in [2.24, 2.45) is 0 Å². The first-order valence-corrected chi connectivity index (χ1v) is 7.75. The van der Waals surface area contributed by atoms with Gasteiger partial charge in [0.25, 0.3) is 0 Å². The molecule has 0 saturated carbocycles. The number of ether oxygens (including phenoxy) is 1. The van der Waals surface area contributed by atoms with E-state index in [0.717, 1.165) is 44.8 Å². The standard InChI is InChI=1S/C18H20N2O.2ClH/c1-2-4-13(5-3-1)17-15-7-9-19-8-6-14(15)12-16-18(17)20-10-11-21-16;;/h1-5,12,19-20H,6-11H2;2*1H. The number of nitrogens with one attached hydrogen (secondary N) is 2. The van der Waals surface area contributed by atoms with Crippen molar-refractivity contribution in [3.63, 3.8) is 0 Å². The van der Waals surface area contributed by atoms with Crippen molar-refractivity contribution < 1.29 is 4.74 Å². The molecule has 0 atom stereocenters. The predicted molar refractivity (Wildman–Crippen MR) is 101 cm³/mol. The fourth-order valence-corrected chi connectivity index (χ4v) is 3.37. The molecule has 0 unspecified atom stereocenters. The van der Waals surface area contributed by atoms with E-state index in [1.165, 1.54) is 27.9 Å². The second-order valence-corrected chi connectivity index (χ2v) is 5.65. The number of benzene rings is 2. The molecule has 124 valence electrons. The molecule has 0 amide bonds. The van der Waals surface area contributed by atoms with Crippen LogP contribution >= 0.6 is 24.8 Å². The molecule has 2 aromatic carbocycles. The van der Waals surface area contributed by atoms with E-state index < -0.39 is 0 Å². The largest absolute Gasteiger partial charge is 0.490 e. The van der Waals surface area contributed by atoms with E-state index >= 15 is 0 Å². The monoisotopic (exact) mass is 352 g/mol. The first kappa shape index (κ1) is 17.9. The molecule has 2 aromatic rings. The normalized spacial score (nSPS) is 15.5. The highest BCUT2D eigenvalue weighted by Gasteiger charge is 2.22. The summed E-state index contributed by atoms with van der Waals surface area (Å²) in [5.41, 5.74) is 6.70. The Morgan fingerprint density at radius 3 is 2.52 bits per heavy atom. The molecule has 0 bridgehead atoms. The molecular formula is C18H22Cl2N2O. The predicted octanol–water partition coefficient (Wildman–Crippen LogP) is 3.69. The highest BCUT2D eigenvalue weighted by atomic mass is 35.5. The summed E-state index contributed by atoms with van der Waals surface area (Å²) < 4.78 is 5.91. The average molecular weight is 353 g/mol. The lowest BCUT2D eigenvalue weighted by Crippen LogP contribution is -2.20. The van der Waals surface area contributed by atoms with Gasteiger partial charge in [0.2, 0.25) is 0 Å². The highest BCUT2D eigenvalue weighted by Crippen LogP contribution is 2.42. The van der Waals surface area contributed by atoms with Gasteiger partial charge in [-0.2, -0.15) is 0 Å². The van der Waals surface area contributed by atoms with E-state index in [1.807, 2.05) is 0 Å². The minimum atomic E-state index is 0. The highest BCUT2D eigenvalue weighted by molar-refractivity contribution is 5.87. The quantitative estimate of drug-likeness (QED) is 0.820. The van der Waals surface area contributed by atoms with E-state index in [0.29, 0.717) is 0 Å². The van der Waals surface area contributed by atoms with Gasteiger partial charge >= 0.3 is 0 Å². The summed E-state index contributed by atoms with van der Waals surface area (Å²) >= 11 is 0. The van der Waals surface area contributed by atoms with Crippen LogP contribution in [0.4, 0.5) is 5.69 Å². The topological polar surface area (TPSA) is 33.3 Å². The molecule has 0 spiro atoms. The number of anilines is 1. The molecule has 23 heavy (non-hydrogen) atoms. The Morgan fingerprint density at radius 1 is 0.913 bits per heavy atom. The van der Waals surface area contributed by atoms with Crippen LogP contribution in [-0.4, -0.2) is 26.2 Å². The molecule has 4 rings (SSSR count). The molecule has 2 aliphatic rings. The molecule has 0 aromatic heterocycles. The van der Waals surface area contributed by atoms with Gasteiger partial charge in [0.05, 0.1) is 5.69 Å². The number of hydrogen-bond donors (Lipinski definition) is 2. The number of rotatable bonds is 1. The van der Waals surface area contributed by atoms with Crippen LogP contribution in [0.1, 0.15) is 11.1 Å². The average Bonchev–Trinajstić information content (AvgIpc) is 2.78. The van der Waals surface area contributed by atoms with Crippen molar-refractivity contribution in [1.29, 1.82) is 0 Å². The molecule has 2 N–H and O–H groups in total. The van der Waals surface area contributed by atoms with E-state index in [4.69, 9.17) is 4.74 Å². The SMILES string of the molecule is Cl.Cl.c1ccc(-c2c3c(cc4c2NCCO4)CCNCC3)cc1. The van der Waals surface area contributed by atoms with E-state index in [9.17, 15) is 0 Å². The summed E-state index contributed by atoms with van der Waals surface area (Å²) in [5.74, 6) is 1.01. The van der Waals surface area contributed by atoms with Crippen LogP contribution in [0.25, 0.3) is 11.1 Å². The van der Waals surface area contributed by atoms with Crippen LogP contribution in [-0.2, 0) is 12.8 Å². The summed E-state index contributed by atoms with van der Waals surface area (Å²) in [6, 6.07) is 12.9. The summed E-state index contributed by atoms with van der Waals surface area (Å²) in [6.45, 7) is 3.72. The van der Waals surface area contributed by atoms with Gasteiger partial charge in [0, 0.05) is 12.1 Å². The van der Waals surface area contributed by atoms with Crippen LogP contribution in [0, 0.1) is 0 Å². The van der Waals surface area contributed by atoms with Crippen molar-refractivity contribution >= 4 is 30.5 Å². The summed E-state index contributed by atoms with van der Waals surface area (Å²) in [6.07, 6.45) is 2.15. The maximum absolute atomic E-state index is 5.91. The van der Waals surface area contributed by atoms with Gasteiger partial charge in [-0.15, -0.1) is 24.8 Å². The van der Waals surface area contributed by atoms with Crippen molar-refractivity contribution in [1.82, 2.24) is 5.32 Å². The van der Waals surface area contributed by atoms with Crippen LogP contribution in [0.15, 0.2) is 36.4 Å². The molecule has 2 aliphatic heterocycles. The van der Waals surface area contributed by atoms with Crippen LogP contribution < -0.4 is 15.4 Å². The Balaban J connectivity index is 0.000000960. The third-order valence-electron chi connectivity index (χ3n) is 4.34. The Bertz CT molecular complexity index is 662. The number of halogens is 2. The van der Waals surface area contributed by atoms with Crippen molar-refractivity contribution in [2.75, 3.05) is 31.6 Å². The van der Waals surface area contributed by atoms with Gasteiger partial charge in [-0.1, -0.05) is 30.3 Å². The first-order chi connectivity index (χ1) is 10.4. The zero-order valence-electron chi connectivity index (χ0n) is 12.9. The van der Waals surface area contributed by atoms with Crippen molar-refractivity contribution in [3.8, 4) is 16.9 Å². The second kappa shape index (κ2) is 7.91. The van der Waals surface area contributed by atoms with Gasteiger partial charge < -0.3 is 15.4 Å². The number of hydrogen-bond acceptors (Lipinski definition) is 3. The molecular weight excluding hydrogens is 331 g/mol. The Morgan fingerprint density at radius 2 is 1.70 bits per heavy atom. The van der Waals surface area contributed by atoms with E-state index in [1.54, 1.807) is 0 Å². The van der Waals surface area contributed by atoms with Crippen molar-refractivity contribution in [2.45, 2.75) is 12.8 Å². The fourth-order valence-electron chi connectivity index (χ4n) is 3.37. The second-order valence-electron chi connectivity index (χ2n) is 5.65. The molecule has 0 saturated heterocycles. The lowest BCUT2D eigenvalue weighted by Gasteiger charge is -2.26. The summed E-state index contributed by atoms with van der Waals surface area (Å²) in [7, 11) is 0. The van der Waals surface area contributed by atoms with Gasteiger partial charge in [0.1, 0.15) is 12.4 Å². The van der Waals surface area contributed by atoms with Crippen LogP contribution in [0.3, 0.4) is 0 Å². The first-order valence-electron chi connectivity index (χ1n) is 7.75. The number of fused-ring (bicyclic) bond motifs is 2. The zero-order chi connectivity index (χ0) is 14.1. The summed E-state index contributed by atoms with van der Waals surface area (Å²) in [4.78, 5) is 0. The zero-order valence-corrected chi connectivity index (χ0v) is 14.6. The van der Waals surface area contributed by atoms with Gasteiger partial charge in [-0.3, -0.25) is 0 Å². The van der Waals surface area contributed by atoms with Crippen molar-refractivity contribution in [3.05, 3.63) is 47.5 Å². The molecule has 0 radical (unpaired) electrons.